The van der Waals surface area contributed by atoms with Gasteiger partial charge < -0.3 is 5.32 Å². The lowest BCUT2D eigenvalue weighted by atomic mass is 9.85. The molecular formula is C26H30N4O4. The highest BCUT2D eigenvalue weighted by Crippen LogP contribution is 2.52. The molecule has 8 nitrogen and oxygen atoms in total. The number of para-hydroxylation sites is 1. The number of carbonyl (C=O) groups excluding carboxylic acids is 3. The number of benzene rings is 1. The lowest BCUT2D eigenvalue weighted by Gasteiger charge is -2.16. The maximum absolute atomic E-state index is 12.9. The van der Waals surface area contributed by atoms with Gasteiger partial charge in [0.25, 0.3) is 5.56 Å². The average Bonchev–Trinajstić information content (AvgIpc) is 3.56. The van der Waals surface area contributed by atoms with Crippen LogP contribution in [0.25, 0.3) is 5.69 Å². The molecule has 1 aromatic heterocycles. The fourth-order valence-corrected chi connectivity index (χ4v) is 5.83. The number of fused-ring (bicyclic) bond motifs is 5. The lowest BCUT2D eigenvalue weighted by molar-refractivity contribution is -0.140. The lowest BCUT2D eigenvalue weighted by Crippen LogP contribution is -2.33. The zero-order valence-corrected chi connectivity index (χ0v) is 19.6. The molecule has 3 amide bonds. The summed E-state index contributed by atoms with van der Waals surface area (Å²) in [6, 6.07) is 9.29. The Kier molecular flexibility index (Phi) is 5.75. The van der Waals surface area contributed by atoms with E-state index >= 15 is 0 Å². The Morgan fingerprint density at radius 1 is 0.971 bits per heavy atom. The number of likely N-dealkylation sites (tertiary alicyclic amines) is 1. The summed E-state index contributed by atoms with van der Waals surface area (Å²) in [6.45, 7) is 2.23. The van der Waals surface area contributed by atoms with Gasteiger partial charge in [-0.3, -0.25) is 28.8 Å². The highest BCUT2D eigenvalue weighted by Gasteiger charge is 2.58. The summed E-state index contributed by atoms with van der Waals surface area (Å²) in [7, 11) is 1.79. The van der Waals surface area contributed by atoms with E-state index in [1.807, 2.05) is 30.3 Å². The Morgan fingerprint density at radius 2 is 1.62 bits per heavy atom. The number of aromatic nitrogens is 2. The van der Waals surface area contributed by atoms with Crippen molar-refractivity contribution in [2.24, 2.45) is 30.7 Å². The number of nitrogens with one attached hydrogen (secondary N) is 1. The van der Waals surface area contributed by atoms with Crippen LogP contribution in [0, 0.1) is 30.6 Å². The summed E-state index contributed by atoms with van der Waals surface area (Å²) in [5, 5.41) is 2.78. The molecule has 2 aromatic rings. The van der Waals surface area contributed by atoms with Gasteiger partial charge in [-0.05, 0) is 50.2 Å². The Morgan fingerprint density at radius 3 is 2.26 bits per heavy atom. The van der Waals surface area contributed by atoms with Crippen molar-refractivity contribution in [2.45, 2.75) is 39.0 Å². The summed E-state index contributed by atoms with van der Waals surface area (Å²) in [4.78, 5) is 52.3. The van der Waals surface area contributed by atoms with Crippen LogP contribution in [0.2, 0.25) is 0 Å². The minimum absolute atomic E-state index is 0.0150. The first-order chi connectivity index (χ1) is 16.4. The maximum atomic E-state index is 12.9. The summed E-state index contributed by atoms with van der Waals surface area (Å²) in [5.41, 5.74) is 1.44. The van der Waals surface area contributed by atoms with E-state index in [1.165, 1.54) is 9.58 Å². The van der Waals surface area contributed by atoms with Gasteiger partial charge in [-0.1, -0.05) is 36.8 Å². The molecule has 178 valence electrons. The summed E-state index contributed by atoms with van der Waals surface area (Å²) in [5.74, 6) is -0.0834. The van der Waals surface area contributed by atoms with Crippen molar-refractivity contribution in [1.29, 1.82) is 0 Å². The van der Waals surface area contributed by atoms with Gasteiger partial charge in [-0.2, -0.15) is 0 Å². The number of imide groups is 1. The number of anilines is 1. The second kappa shape index (κ2) is 8.74. The van der Waals surface area contributed by atoms with E-state index in [0.717, 1.165) is 18.5 Å². The number of rotatable bonds is 8. The van der Waals surface area contributed by atoms with Crippen LogP contribution in [0.1, 0.15) is 37.8 Å². The molecule has 2 fully saturated rings. The largest absolute Gasteiger partial charge is 0.320 e. The van der Waals surface area contributed by atoms with Gasteiger partial charge >= 0.3 is 0 Å². The number of nitrogens with zero attached hydrogens (tertiary/aromatic N) is 3. The number of allylic oxidation sites excluding steroid dienone is 2. The van der Waals surface area contributed by atoms with E-state index in [4.69, 9.17) is 0 Å². The predicted octanol–water partition coefficient (Wildman–Crippen LogP) is 2.79. The highest BCUT2D eigenvalue weighted by molar-refractivity contribution is 6.06. The van der Waals surface area contributed by atoms with Gasteiger partial charge in [0, 0.05) is 20.0 Å². The predicted molar refractivity (Wildman–Crippen MR) is 127 cm³/mol. The standard InChI is InChI=1S/C26H30N4O4/c1-16-23(26(34)30(28(16)2)19-9-5-3-6-10-19)27-20(31)11-7-4-8-14-29-24(32)21-17-12-13-18(15-17)22(21)25(29)33/h3,5-6,9-10,12-13,17-18,21-22H,4,7-8,11,14-15H2,1-2H3,(H,27,31)/t17-,18-,21-,22-/m0/s1. The van der Waals surface area contributed by atoms with E-state index in [1.54, 1.807) is 18.7 Å². The third kappa shape index (κ3) is 3.61. The number of amides is 3. The summed E-state index contributed by atoms with van der Waals surface area (Å²) < 4.78 is 3.26. The zero-order valence-electron chi connectivity index (χ0n) is 19.6. The molecule has 8 heteroatoms. The molecular weight excluding hydrogens is 432 g/mol. The normalized spacial score (nSPS) is 24.8. The van der Waals surface area contributed by atoms with Gasteiger partial charge in [-0.15, -0.1) is 0 Å². The van der Waals surface area contributed by atoms with Gasteiger partial charge in [0.05, 0.1) is 23.2 Å². The van der Waals surface area contributed by atoms with Crippen molar-refractivity contribution in [3.05, 3.63) is 58.5 Å². The molecule has 34 heavy (non-hydrogen) atoms. The van der Waals surface area contributed by atoms with E-state index in [9.17, 15) is 19.2 Å². The van der Waals surface area contributed by atoms with Crippen LogP contribution < -0.4 is 10.9 Å². The molecule has 2 aliphatic carbocycles. The van der Waals surface area contributed by atoms with Crippen LogP contribution in [-0.2, 0) is 21.4 Å². The number of hydrogen-bond acceptors (Lipinski definition) is 4. The minimum atomic E-state index is -0.264. The Labute approximate surface area is 198 Å². The second-order valence-electron chi connectivity index (χ2n) is 9.62. The molecule has 1 saturated heterocycles. The molecule has 1 saturated carbocycles. The monoisotopic (exact) mass is 462 g/mol. The fraction of sp³-hybridized carbons (Fsp3) is 0.462. The van der Waals surface area contributed by atoms with Gasteiger partial charge in [0.15, 0.2) is 0 Å². The summed E-state index contributed by atoms with van der Waals surface area (Å²) >= 11 is 0. The Balaban J connectivity index is 1.11. The molecule has 2 bridgehead atoms. The molecule has 1 aliphatic heterocycles. The van der Waals surface area contributed by atoms with E-state index in [0.29, 0.717) is 30.8 Å². The first-order valence-corrected chi connectivity index (χ1v) is 12.1. The topological polar surface area (TPSA) is 93.4 Å². The average molecular weight is 463 g/mol. The highest BCUT2D eigenvalue weighted by atomic mass is 16.2. The van der Waals surface area contributed by atoms with E-state index in [2.05, 4.69) is 17.5 Å². The van der Waals surface area contributed by atoms with Crippen LogP contribution >= 0.6 is 0 Å². The van der Waals surface area contributed by atoms with Crippen molar-refractivity contribution < 1.29 is 14.4 Å². The summed E-state index contributed by atoms with van der Waals surface area (Å²) in [6.07, 6.45) is 7.45. The maximum Gasteiger partial charge on any atom is 0.295 e. The molecule has 5 rings (SSSR count). The van der Waals surface area contributed by atoms with Crippen LogP contribution in [0.3, 0.4) is 0 Å². The van der Waals surface area contributed by atoms with E-state index < -0.39 is 0 Å². The molecule has 0 spiro atoms. The van der Waals surface area contributed by atoms with E-state index in [-0.39, 0.29) is 53.4 Å². The Bertz CT molecular complexity index is 1200. The molecule has 1 aromatic carbocycles. The molecule has 3 aliphatic rings. The number of hydrogen-bond donors (Lipinski definition) is 1. The minimum Gasteiger partial charge on any atom is -0.320 e. The molecule has 2 heterocycles. The third-order valence-corrected chi connectivity index (χ3v) is 7.67. The number of carbonyl (C=O) groups is 3. The van der Waals surface area contributed by atoms with Crippen LogP contribution in [0.4, 0.5) is 5.69 Å². The SMILES string of the molecule is Cc1c(NC(=O)CCCCCN2C(=O)[C@@H]3[C@@H](C2=O)[C@H]2C=C[C@H]3C2)c(=O)n(-c2ccccc2)n1C. The number of unbranched alkanes of at least 4 members (excludes halogenated alkanes) is 2. The third-order valence-electron chi connectivity index (χ3n) is 7.67. The smallest absolute Gasteiger partial charge is 0.295 e. The molecule has 0 radical (unpaired) electrons. The van der Waals surface area contributed by atoms with Gasteiger partial charge in [-0.25, -0.2) is 4.68 Å². The van der Waals surface area contributed by atoms with Crippen molar-refractivity contribution >= 4 is 23.4 Å². The molecule has 1 N–H and O–H groups in total. The van der Waals surface area contributed by atoms with Crippen molar-refractivity contribution in [2.75, 3.05) is 11.9 Å². The van der Waals surface area contributed by atoms with Crippen molar-refractivity contribution in [3.63, 3.8) is 0 Å². The van der Waals surface area contributed by atoms with Crippen molar-refractivity contribution in [1.82, 2.24) is 14.3 Å². The zero-order chi connectivity index (χ0) is 24.0. The quantitative estimate of drug-likeness (QED) is 0.371. The second-order valence-corrected chi connectivity index (χ2v) is 9.62. The van der Waals surface area contributed by atoms with Crippen LogP contribution in [0.5, 0.6) is 0 Å². The fourth-order valence-electron chi connectivity index (χ4n) is 5.83. The first-order valence-electron chi connectivity index (χ1n) is 12.1. The Hall–Kier alpha value is -3.42. The van der Waals surface area contributed by atoms with Gasteiger partial charge in [0.1, 0.15) is 5.69 Å². The first kappa shape index (κ1) is 22.4. The van der Waals surface area contributed by atoms with Gasteiger partial charge in [0.2, 0.25) is 17.7 Å². The van der Waals surface area contributed by atoms with Crippen LogP contribution in [-0.4, -0.2) is 38.5 Å². The van der Waals surface area contributed by atoms with Crippen molar-refractivity contribution in [3.8, 4) is 5.69 Å². The molecule has 0 unspecified atom stereocenters. The van der Waals surface area contributed by atoms with Crippen LogP contribution in [0.15, 0.2) is 47.3 Å². The molecule has 4 atom stereocenters.